The van der Waals surface area contributed by atoms with Crippen molar-refractivity contribution in [1.82, 2.24) is 9.59 Å². The molecule has 0 aliphatic rings. The topological polar surface area (TPSA) is 55.2 Å². The number of hydrogen-bond acceptors (Lipinski definition) is 5. The number of aliphatic hydroxyl groups excluding tert-OH is 1. The molecule has 17 heavy (non-hydrogen) atoms. The highest BCUT2D eigenvalue weighted by Gasteiger charge is 2.14. The van der Waals surface area contributed by atoms with E-state index in [0.29, 0.717) is 6.42 Å². The van der Waals surface area contributed by atoms with Crippen molar-refractivity contribution in [1.29, 1.82) is 0 Å². The van der Waals surface area contributed by atoms with Crippen molar-refractivity contribution in [3.8, 4) is 5.75 Å². The summed E-state index contributed by atoms with van der Waals surface area (Å²) in [6.07, 6.45) is 1.46. The summed E-state index contributed by atoms with van der Waals surface area (Å²) < 4.78 is 9.96. The van der Waals surface area contributed by atoms with Crippen molar-refractivity contribution in [2.24, 2.45) is 0 Å². The molecule has 6 heteroatoms. The molecule has 0 aliphatic heterocycles. The highest BCUT2D eigenvalue weighted by atomic mass is 79.9. The van der Waals surface area contributed by atoms with E-state index in [4.69, 9.17) is 4.74 Å². The van der Waals surface area contributed by atoms with Crippen molar-refractivity contribution < 1.29 is 9.84 Å². The fourth-order valence-corrected chi connectivity index (χ4v) is 2.43. The monoisotopic (exact) mass is 314 g/mol. The smallest absolute Gasteiger partial charge is 0.122 e. The van der Waals surface area contributed by atoms with Crippen LogP contribution in [0.1, 0.15) is 16.5 Å². The van der Waals surface area contributed by atoms with E-state index in [1.807, 2.05) is 18.2 Å². The molecule has 0 radical (unpaired) electrons. The third-order valence-electron chi connectivity index (χ3n) is 2.36. The predicted octanol–water partition coefficient (Wildman–Crippen LogP) is 2.59. The summed E-state index contributed by atoms with van der Waals surface area (Å²) >= 11 is 4.61. The Balaban J connectivity index is 2.20. The van der Waals surface area contributed by atoms with Gasteiger partial charge in [-0.15, -0.1) is 5.10 Å². The highest BCUT2D eigenvalue weighted by molar-refractivity contribution is 9.10. The Morgan fingerprint density at radius 3 is 3.00 bits per heavy atom. The summed E-state index contributed by atoms with van der Waals surface area (Å²) in [6, 6.07) is 5.72. The van der Waals surface area contributed by atoms with Gasteiger partial charge in [-0.1, -0.05) is 20.4 Å². The van der Waals surface area contributed by atoms with Gasteiger partial charge in [-0.2, -0.15) is 0 Å². The Bertz CT molecular complexity index is 490. The molecule has 1 heterocycles. The molecule has 0 bridgehead atoms. The fourth-order valence-electron chi connectivity index (χ4n) is 1.54. The molecule has 1 aromatic carbocycles. The van der Waals surface area contributed by atoms with Crippen LogP contribution in [0.25, 0.3) is 0 Å². The van der Waals surface area contributed by atoms with Gasteiger partial charge in [-0.3, -0.25) is 0 Å². The number of aromatic nitrogens is 2. The van der Waals surface area contributed by atoms with Gasteiger partial charge in [0.2, 0.25) is 0 Å². The molecule has 4 nitrogen and oxygen atoms in total. The van der Waals surface area contributed by atoms with Crippen LogP contribution in [0.5, 0.6) is 5.75 Å². The average Bonchev–Trinajstić information content (AvgIpc) is 2.83. The van der Waals surface area contributed by atoms with Gasteiger partial charge >= 0.3 is 0 Å². The van der Waals surface area contributed by atoms with Crippen LogP contribution in [-0.4, -0.2) is 21.8 Å². The Morgan fingerprint density at radius 1 is 1.53 bits per heavy atom. The van der Waals surface area contributed by atoms with Crippen molar-refractivity contribution in [2.45, 2.75) is 12.5 Å². The highest BCUT2D eigenvalue weighted by Crippen LogP contribution is 2.28. The first-order chi connectivity index (χ1) is 8.20. The van der Waals surface area contributed by atoms with E-state index in [0.717, 1.165) is 20.7 Å². The second-order valence-electron chi connectivity index (χ2n) is 3.50. The number of ether oxygens (including phenoxy) is 1. The summed E-state index contributed by atoms with van der Waals surface area (Å²) in [5.41, 5.74) is 0.947. The molecule has 1 aromatic heterocycles. The minimum absolute atomic E-state index is 0.479. The molecule has 1 N–H and O–H groups in total. The summed E-state index contributed by atoms with van der Waals surface area (Å²) in [5.74, 6) is 0.768. The van der Waals surface area contributed by atoms with E-state index in [-0.39, 0.29) is 0 Å². The maximum atomic E-state index is 10.0. The zero-order valence-corrected chi connectivity index (χ0v) is 11.5. The van der Waals surface area contributed by atoms with Gasteiger partial charge in [0, 0.05) is 10.9 Å². The third-order valence-corrected chi connectivity index (χ3v) is 3.62. The number of hydrogen-bond donors (Lipinski definition) is 1. The van der Waals surface area contributed by atoms with Crippen LogP contribution in [-0.2, 0) is 6.42 Å². The van der Waals surface area contributed by atoms with Gasteiger partial charge in [0.05, 0.1) is 24.3 Å². The van der Waals surface area contributed by atoms with Gasteiger partial charge < -0.3 is 9.84 Å². The molecule has 90 valence electrons. The van der Waals surface area contributed by atoms with E-state index < -0.39 is 6.10 Å². The zero-order chi connectivity index (χ0) is 12.3. The largest absolute Gasteiger partial charge is 0.496 e. The molecule has 0 saturated carbocycles. The summed E-state index contributed by atoms with van der Waals surface area (Å²) in [4.78, 5) is 0.757. The molecule has 1 atom stereocenters. The van der Waals surface area contributed by atoms with E-state index >= 15 is 0 Å². The minimum atomic E-state index is -0.599. The van der Waals surface area contributed by atoms with E-state index in [1.54, 1.807) is 13.3 Å². The van der Waals surface area contributed by atoms with E-state index in [2.05, 4.69) is 25.5 Å². The molecule has 0 aliphatic carbocycles. The fraction of sp³-hybridized carbons (Fsp3) is 0.273. The maximum Gasteiger partial charge on any atom is 0.122 e. The van der Waals surface area contributed by atoms with Gasteiger partial charge in [0.25, 0.3) is 0 Å². The van der Waals surface area contributed by atoms with Crippen molar-refractivity contribution in [3.05, 3.63) is 39.3 Å². The summed E-state index contributed by atoms with van der Waals surface area (Å²) in [7, 11) is 1.62. The SMILES string of the molecule is COc1ccc(Br)cc1CC(O)c1cnns1. The number of nitrogens with zero attached hydrogens (tertiary/aromatic N) is 2. The number of aliphatic hydroxyl groups is 1. The van der Waals surface area contributed by atoms with Crippen LogP contribution in [0.4, 0.5) is 0 Å². The van der Waals surface area contributed by atoms with Gasteiger partial charge in [-0.25, -0.2) is 0 Å². The Labute approximate surface area is 112 Å². The standard InChI is InChI=1S/C11H11BrN2O2S/c1-16-10-3-2-8(12)4-7(10)5-9(15)11-6-13-14-17-11/h2-4,6,9,15H,5H2,1H3. The van der Waals surface area contributed by atoms with Crippen molar-refractivity contribution >= 4 is 27.5 Å². The third kappa shape index (κ3) is 3.02. The normalized spacial score (nSPS) is 12.4. The van der Waals surface area contributed by atoms with Crippen LogP contribution in [0.15, 0.2) is 28.9 Å². The lowest BCUT2D eigenvalue weighted by atomic mass is 10.1. The van der Waals surface area contributed by atoms with Gasteiger partial charge in [0.1, 0.15) is 5.75 Å². The molecule has 2 rings (SSSR count). The van der Waals surface area contributed by atoms with Crippen LogP contribution < -0.4 is 4.74 Å². The lowest BCUT2D eigenvalue weighted by Gasteiger charge is -2.12. The van der Waals surface area contributed by atoms with Crippen LogP contribution in [0.2, 0.25) is 0 Å². The molecule has 0 saturated heterocycles. The Kier molecular flexibility index (Phi) is 4.09. The molecule has 0 spiro atoms. The summed E-state index contributed by atoms with van der Waals surface area (Å²) in [5, 5.41) is 13.7. The second-order valence-corrected chi connectivity index (χ2v) is 5.23. The van der Waals surface area contributed by atoms with Crippen LogP contribution >= 0.6 is 27.5 Å². The first-order valence-electron chi connectivity index (χ1n) is 4.98. The first kappa shape index (κ1) is 12.5. The van der Waals surface area contributed by atoms with Gasteiger partial charge in [0.15, 0.2) is 0 Å². The zero-order valence-electron chi connectivity index (χ0n) is 9.13. The molecule has 0 fully saturated rings. The van der Waals surface area contributed by atoms with E-state index in [9.17, 15) is 5.11 Å². The number of rotatable bonds is 4. The van der Waals surface area contributed by atoms with Crippen LogP contribution in [0.3, 0.4) is 0 Å². The lowest BCUT2D eigenvalue weighted by molar-refractivity contribution is 0.181. The second kappa shape index (κ2) is 5.57. The molecular formula is C11H11BrN2O2S. The molecule has 0 amide bonds. The number of benzene rings is 1. The van der Waals surface area contributed by atoms with Crippen molar-refractivity contribution in [2.75, 3.05) is 7.11 Å². The number of methoxy groups -OCH3 is 1. The summed E-state index contributed by atoms with van der Waals surface area (Å²) in [6.45, 7) is 0. The van der Waals surface area contributed by atoms with Crippen molar-refractivity contribution in [3.63, 3.8) is 0 Å². The quantitative estimate of drug-likeness (QED) is 0.942. The Hall–Kier alpha value is -0.980. The molecule has 2 aromatic rings. The Morgan fingerprint density at radius 2 is 2.35 bits per heavy atom. The molecular weight excluding hydrogens is 304 g/mol. The first-order valence-corrected chi connectivity index (χ1v) is 6.55. The molecule has 1 unspecified atom stereocenters. The van der Waals surface area contributed by atoms with Crippen LogP contribution in [0, 0.1) is 0 Å². The van der Waals surface area contributed by atoms with Gasteiger partial charge in [-0.05, 0) is 35.3 Å². The average molecular weight is 315 g/mol. The minimum Gasteiger partial charge on any atom is -0.496 e. The number of halogens is 1. The predicted molar refractivity (Wildman–Crippen MR) is 69.3 cm³/mol. The lowest BCUT2D eigenvalue weighted by Crippen LogP contribution is -2.01. The van der Waals surface area contributed by atoms with E-state index in [1.165, 1.54) is 11.5 Å². The maximum absolute atomic E-state index is 10.0.